The lowest BCUT2D eigenvalue weighted by Crippen LogP contribution is -2.57. The number of sulfonamides is 1. The van der Waals surface area contributed by atoms with Crippen LogP contribution in [0.25, 0.3) is 10.9 Å². The molecule has 0 bridgehead atoms. The van der Waals surface area contributed by atoms with E-state index in [4.69, 9.17) is 4.74 Å². The van der Waals surface area contributed by atoms with Gasteiger partial charge in [-0.25, -0.2) is 13.4 Å². The van der Waals surface area contributed by atoms with Crippen LogP contribution >= 0.6 is 11.3 Å². The van der Waals surface area contributed by atoms with Gasteiger partial charge < -0.3 is 19.5 Å². The van der Waals surface area contributed by atoms with Crippen LogP contribution in [-0.4, -0.2) is 98.8 Å². The Balaban J connectivity index is 1.38. The normalized spacial score (nSPS) is 18.6. The van der Waals surface area contributed by atoms with Crippen molar-refractivity contribution in [1.82, 2.24) is 24.1 Å². The summed E-state index contributed by atoms with van der Waals surface area (Å²) in [6, 6.07) is 6.54. The first-order valence-corrected chi connectivity index (χ1v) is 19.3. The largest absolute Gasteiger partial charge is 0.469 e. The lowest BCUT2D eigenvalue weighted by molar-refractivity contribution is -0.142. The van der Waals surface area contributed by atoms with Gasteiger partial charge in [0.2, 0.25) is 0 Å². The number of methoxy groups -OCH3 is 1. The van der Waals surface area contributed by atoms with Crippen molar-refractivity contribution >= 4 is 52.2 Å². The van der Waals surface area contributed by atoms with Crippen molar-refractivity contribution in [3.63, 3.8) is 0 Å². The minimum absolute atomic E-state index is 0.0285. The maximum absolute atomic E-state index is 13.7. The molecule has 1 unspecified atom stereocenters. The number of aromatic amines is 1. The quantitative estimate of drug-likeness (QED) is 0.267. The van der Waals surface area contributed by atoms with Gasteiger partial charge >= 0.3 is 5.97 Å². The molecule has 0 spiro atoms. The fraction of sp³-hybridized carbons (Fsp3) is 0.464. The Bertz CT molecular complexity index is 1660. The number of carbonyl (C=O) groups is 2. The summed E-state index contributed by atoms with van der Waals surface area (Å²) in [6.07, 6.45) is 0.665. The lowest BCUT2D eigenvalue weighted by Gasteiger charge is -2.39. The average Bonchev–Trinajstić information content (AvgIpc) is 3.55. The van der Waals surface area contributed by atoms with Crippen molar-refractivity contribution in [3.8, 4) is 11.5 Å². The summed E-state index contributed by atoms with van der Waals surface area (Å²) in [4.78, 5) is 38.4. The molecule has 41 heavy (non-hydrogen) atoms. The van der Waals surface area contributed by atoms with Crippen LogP contribution in [0, 0.1) is 11.5 Å². The minimum Gasteiger partial charge on any atom is -0.469 e. The summed E-state index contributed by atoms with van der Waals surface area (Å²) >= 11 is 1.37. The highest BCUT2D eigenvalue weighted by atomic mass is 32.2. The van der Waals surface area contributed by atoms with E-state index < -0.39 is 30.1 Å². The number of rotatable bonds is 5. The molecule has 0 saturated carbocycles. The SMILES string of the molecule is COC(=O)CC1CN(S(=O)(=O)c2cc3cc(C#C[Si](C)(C)C)ccc3[nH]2)CCN1C(=O)c1nc2c(s1)CN(C)CC2. The average molecular weight is 614 g/mol. The summed E-state index contributed by atoms with van der Waals surface area (Å²) in [6.45, 7) is 8.35. The highest BCUT2D eigenvalue weighted by Crippen LogP contribution is 2.29. The molecule has 2 aromatic heterocycles. The fourth-order valence-corrected chi connectivity index (χ4v) is 8.17. The van der Waals surface area contributed by atoms with E-state index in [1.54, 1.807) is 11.0 Å². The number of piperazine rings is 1. The Labute approximate surface area is 245 Å². The summed E-state index contributed by atoms with van der Waals surface area (Å²) in [7, 11) is -2.17. The number of amides is 1. The molecule has 1 N–H and O–H groups in total. The van der Waals surface area contributed by atoms with Crippen LogP contribution in [0.4, 0.5) is 0 Å². The molecule has 2 aliphatic heterocycles. The molecule has 1 atom stereocenters. The Morgan fingerprint density at radius 1 is 1.20 bits per heavy atom. The Kier molecular flexibility index (Phi) is 8.15. The van der Waals surface area contributed by atoms with Crippen molar-refractivity contribution in [2.45, 2.75) is 50.1 Å². The van der Waals surface area contributed by atoms with Crippen LogP contribution in [0.5, 0.6) is 0 Å². The number of thiazole rings is 1. The molecular formula is C28H35N5O5S2Si. The Morgan fingerprint density at radius 3 is 2.71 bits per heavy atom. The number of benzene rings is 1. The molecule has 10 nitrogen and oxygen atoms in total. The molecule has 3 aromatic rings. The molecule has 5 rings (SSSR count). The molecule has 1 aromatic carbocycles. The molecule has 1 fully saturated rings. The number of ether oxygens (including phenoxy) is 1. The maximum atomic E-state index is 13.7. The predicted octanol–water partition coefficient (Wildman–Crippen LogP) is 2.92. The predicted molar refractivity (Wildman–Crippen MR) is 161 cm³/mol. The van der Waals surface area contributed by atoms with Crippen LogP contribution < -0.4 is 0 Å². The van der Waals surface area contributed by atoms with Crippen molar-refractivity contribution < 1.29 is 22.7 Å². The molecule has 0 aliphatic carbocycles. The molecule has 13 heteroatoms. The smallest absolute Gasteiger partial charge is 0.307 e. The summed E-state index contributed by atoms with van der Waals surface area (Å²) in [5, 5.41) is 1.19. The third kappa shape index (κ3) is 6.41. The number of H-pyrrole nitrogens is 1. The highest BCUT2D eigenvalue weighted by molar-refractivity contribution is 7.89. The van der Waals surface area contributed by atoms with Gasteiger partial charge in [0.05, 0.1) is 25.3 Å². The number of hydrogen-bond donors (Lipinski definition) is 1. The van der Waals surface area contributed by atoms with Gasteiger partial charge in [-0.2, -0.15) is 4.31 Å². The third-order valence-corrected chi connectivity index (χ3v) is 11.0. The van der Waals surface area contributed by atoms with Gasteiger partial charge in [0.15, 0.2) is 5.01 Å². The maximum Gasteiger partial charge on any atom is 0.307 e. The first kappa shape index (κ1) is 29.5. The second kappa shape index (κ2) is 11.3. The standard InChI is InChI=1S/C28H35N5O5S2Si/c1-31-10-8-23-24(18-31)39-27(30-23)28(35)33-12-11-32(17-21(33)16-26(34)38-2)40(36,37)25-15-20-14-19(6-7-22(20)29-25)9-13-41(3,4)5/h6-7,14-15,21,29H,8,10-12,16-18H2,1-5H3. The fourth-order valence-electron chi connectivity index (χ4n) is 5.02. The number of hydrogen-bond acceptors (Lipinski definition) is 8. The van der Waals surface area contributed by atoms with E-state index in [0.717, 1.165) is 41.0 Å². The van der Waals surface area contributed by atoms with Crippen molar-refractivity contribution in [2.75, 3.05) is 40.3 Å². The van der Waals surface area contributed by atoms with E-state index in [2.05, 4.69) is 46.0 Å². The summed E-state index contributed by atoms with van der Waals surface area (Å²) in [5.41, 5.74) is 5.81. The zero-order chi connectivity index (χ0) is 29.5. The molecule has 1 saturated heterocycles. The van der Waals surface area contributed by atoms with Gasteiger partial charge in [0.25, 0.3) is 15.9 Å². The Morgan fingerprint density at radius 2 is 1.98 bits per heavy atom. The number of nitrogens with zero attached hydrogens (tertiary/aromatic N) is 4. The van der Waals surface area contributed by atoms with Gasteiger partial charge in [-0.05, 0) is 31.3 Å². The second-order valence-electron chi connectivity index (χ2n) is 11.6. The van der Waals surface area contributed by atoms with Crippen molar-refractivity contribution in [3.05, 3.63) is 45.4 Å². The zero-order valence-electron chi connectivity index (χ0n) is 24.0. The van der Waals surface area contributed by atoms with Crippen molar-refractivity contribution in [1.29, 1.82) is 0 Å². The van der Waals surface area contributed by atoms with Gasteiger partial charge in [-0.3, -0.25) is 9.59 Å². The number of fused-ring (bicyclic) bond motifs is 2. The summed E-state index contributed by atoms with van der Waals surface area (Å²) < 4.78 is 33.7. The first-order valence-electron chi connectivity index (χ1n) is 13.5. The van der Waals surface area contributed by atoms with Gasteiger partial charge in [-0.15, -0.1) is 16.9 Å². The van der Waals surface area contributed by atoms with E-state index in [9.17, 15) is 18.0 Å². The van der Waals surface area contributed by atoms with Gasteiger partial charge in [-0.1, -0.05) is 25.6 Å². The van der Waals surface area contributed by atoms with Gasteiger partial charge in [0, 0.05) is 60.5 Å². The van der Waals surface area contributed by atoms with E-state index in [-0.39, 0.29) is 37.0 Å². The molecule has 4 heterocycles. The summed E-state index contributed by atoms with van der Waals surface area (Å²) in [5.74, 6) is 2.42. The van der Waals surface area contributed by atoms with Crippen LogP contribution in [0.3, 0.4) is 0 Å². The highest BCUT2D eigenvalue weighted by Gasteiger charge is 2.39. The number of carbonyl (C=O) groups excluding carboxylic acids is 2. The van der Waals surface area contributed by atoms with Crippen LogP contribution in [0.1, 0.15) is 32.4 Å². The molecular weight excluding hydrogens is 579 g/mol. The third-order valence-electron chi connectivity index (χ3n) is 7.24. The van der Waals surface area contributed by atoms with E-state index in [1.165, 1.54) is 22.8 Å². The minimum atomic E-state index is -3.93. The lowest BCUT2D eigenvalue weighted by atomic mass is 10.1. The second-order valence-corrected chi connectivity index (χ2v) is 19.3. The molecule has 218 valence electrons. The number of nitrogens with one attached hydrogen (secondary N) is 1. The zero-order valence-corrected chi connectivity index (χ0v) is 26.6. The van der Waals surface area contributed by atoms with E-state index >= 15 is 0 Å². The Hall–Kier alpha value is -3.02. The number of aromatic nitrogens is 2. The number of likely N-dealkylation sites (N-methyl/N-ethyl adjacent to an activating group) is 1. The topological polar surface area (TPSA) is 116 Å². The molecule has 1 amide bonds. The monoisotopic (exact) mass is 613 g/mol. The first-order chi connectivity index (χ1) is 19.3. The van der Waals surface area contributed by atoms with E-state index in [0.29, 0.717) is 10.5 Å². The van der Waals surface area contributed by atoms with Crippen LogP contribution in [0.15, 0.2) is 29.3 Å². The number of esters is 1. The molecule has 0 radical (unpaired) electrons. The van der Waals surface area contributed by atoms with Crippen LogP contribution in [0.2, 0.25) is 19.6 Å². The van der Waals surface area contributed by atoms with Crippen molar-refractivity contribution in [2.24, 2.45) is 0 Å². The van der Waals surface area contributed by atoms with Gasteiger partial charge in [0.1, 0.15) is 13.1 Å². The molecule has 2 aliphatic rings. The van der Waals surface area contributed by atoms with E-state index in [1.807, 2.05) is 25.2 Å². The van der Waals surface area contributed by atoms with Crippen LogP contribution in [-0.2, 0) is 32.5 Å².